The van der Waals surface area contributed by atoms with Crippen molar-refractivity contribution in [3.63, 3.8) is 0 Å². The highest BCUT2D eigenvalue weighted by molar-refractivity contribution is 6.75. The molecule has 1 fully saturated rings. The van der Waals surface area contributed by atoms with E-state index in [2.05, 4.69) is 37.3 Å². The normalized spacial score (nSPS) is 19.7. The molecule has 1 saturated heterocycles. The minimum absolute atomic E-state index is 0.0746. The molecular formula is C10H13Si. The van der Waals surface area contributed by atoms with Gasteiger partial charge in [-0.1, -0.05) is 54.5 Å². The molecule has 1 heterocycles. The Bertz CT molecular complexity index is 224. The van der Waals surface area contributed by atoms with Crippen LogP contribution in [0.2, 0.25) is 12.1 Å². The topological polar surface area (TPSA) is 0 Å². The lowest BCUT2D eigenvalue weighted by molar-refractivity contribution is 0.656. The summed E-state index contributed by atoms with van der Waals surface area (Å²) in [6, 6.07) is 14.0. The van der Waals surface area contributed by atoms with E-state index in [0.29, 0.717) is 0 Å². The molecule has 0 aliphatic carbocycles. The zero-order valence-electron chi connectivity index (χ0n) is 6.88. The Balaban J connectivity index is 2.08. The molecule has 57 valence electrons. The van der Waals surface area contributed by atoms with Crippen molar-refractivity contribution in [2.75, 3.05) is 0 Å². The van der Waals surface area contributed by atoms with E-state index < -0.39 is 0 Å². The Morgan fingerprint density at radius 1 is 1.18 bits per heavy atom. The number of rotatable bonds is 1. The second-order valence-corrected chi connectivity index (χ2v) is 6.08. The smallest absolute Gasteiger partial charge is 0.0633 e. The van der Waals surface area contributed by atoms with Gasteiger partial charge in [-0.25, -0.2) is 0 Å². The first-order valence-electron chi connectivity index (χ1n) is 4.26. The highest BCUT2D eigenvalue weighted by Gasteiger charge is 2.28. The summed E-state index contributed by atoms with van der Waals surface area (Å²) in [5.74, 6) is 1.00. The van der Waals surface area contributed by atoms with Crippen molar-refractivity contribution in [2.45, 2.75) is 19.0 Å². The first-order valence-corrected chi connectivity index (χ1v) is 6.18. The van der Waals surface area contributed by atoms with Gasteiger partial charge >= 0.3 is 0 Å². The average molecular weight is 161 g/mol. The van der Waals surface area contributed by atoms with Crippen LogP contribution in [0.4, 0.5) is 0 Å². The van der Waals surface area contributed by atoms with Gasteiger partial charge in [0.1, 0.15) is 0 Å². The molecule has 0 saturated carbocycles. The van der Waals surface area contributed by atoms with Crippen molar-refractivity contribution in [3.05, 3.63) is 30.3 Å². The van der Waals surface area contributed by atoms with Crippen molar-refractivity contribution in [1.82, 2.24) is 0 Å². The van der Waals surface area contributed by atoms with Gasteiger partial charge in [-0.15, -0.1) is 0 Å². The number of hydrogen-bond acceptors (Lipinski definition) is 0. The summed E-state index contributed by atoms with van der Waals surface area (Å²) in [4.78, 5) is 0. The molecule has 0 spiro atoms. The summed E-state index contributed by atoms with van der Waals surface area (Å²) in [5, 5.41) is 1.63. The van der Waals surface area contributed by atoms with E-state index in [0.717, 1.165) is 5.92 Å². The Morgan fingerprint density at radius 2 is 1.82 bits per heavy atom. The predicted octanol–water partition coefficient (Wildman–Crippen LogP) is 2.04. The van der Waals surface area contributed by atoms with Crippen molar-refractivity contribution in [1.29, 1.82) is 0 Å². The summed E-state index contributed by atoms with van der Waals surface area (Å²) >= 11 is 0. The van der Waals surface area contributed by atoms with Crippen LogP contribution >= 0.6 is 0 Å². The Labute approximate surface area is 69.9 Å². The van der Waals surface area contributed by atoms with E-state index in [4.69, 9.17) is 0 Å². The highest BCUT2D eigenvalue weighted by atomic mass is 28.3. The zero-order valence-corrected chi connectivity index (χ0v) is 7.88. The minimum Gasteiger partial charge on any atom is -0.0633 e. The molecule has 1 aromatic carbocycles. The van der Waals surface area contributed by atoms with Gasteiger partial charge in [0.25, 0.3) is 0 Å². The zero-order chi connectivity index (χ0) is 7.68. The predicted molar refractivity (Wildman–Crippen MR) is 50.6 cm³/mol. The summed E-state index contributed by atoms with van der Waals surface area (Å²) < 4.78 is 0. The van der Waals surface area contributed by atoms with Crippen LogP contribution in [0.25, 0.3) is 0 Å². The number of benzene rings is 1. The van der Waals surface area contributed by atoms with Gasteiger partial charge in [0.2, 0.25) is 0 Å². The van der Waals surface area contributed by atoms with Gasteiger partial charge in [0.15, 0.2) is 0 Å². The third-order valence-electron chi connectivity index (χ3n) is 2.37. The van der Waals surface area contributed by atoms with Crippen LogP contribution in [0.3, 0.4) is 0 Å². The maximum Gasteiger partial charge on any atom is 0.0861 e. The second kappa shape index (κ2) is 2.82. The van der Waals surface area contributed by atoms with E-state index in [9.17, 15) is 0 Å². The average Bonchev–Trinajstić information content (AvgIpc) is 2.01. The monoisotopic (exact) mass is 161 g/mol. The summed E-state index contributed by atoms with van der Waals surface area (Å²) in [6.45, 7) is 2.36. The molecule has 0 nitrogen and oxygen atoms in total. The van der Waals surface area contributed by atoms with E-state index in [1.54, 1.807) is 5.19 Å². The molecule has 0 aromatic heterocycles. The fraction of sp³-hybridized carbons (Fsp3) is 0.400. The van der Waals surface area contributed by atoms with E-state index in [1.165, 1.54) is 12.1 Å². The van der Waals surface area contributed by atoms with Gasteiger partial charge in [0.05, 0.1) is 8.80 Å². The first kappa shape index (κ1) is 7.11. The molecule has 1 aliphatic rings. The maximum atomic E-state index is 2.36. The molecule has 2 rings (SSSR count). The first-order chi connectivity index (χ1) is 5.36. The van der Waals surface area contributed by atoms with Gasteiger partial charge in [-0.3, -0.25) is 0 Å². The van der Waals surface area contributed by atoms with Gasteiger partial charge < -0.3 is 0 Å². The van der Waals surface area contributed by atoms with Gasteiger partial charge in [-0.05, 0) is 5.92 Å². The van der Waals surface area contributed by atoms with Crippen LogP contribution in [-0.4, -0.2) is 8.80 Å². The standard InChI is InChI=1S/C10H13Si/c1-9-7-11(8-9)10-5-3-2-4-6-10/h2-6,9H,7-8H2,1H3. The van der Waals surface area contributed by atoms with Gasteiger partial charge in [0, 0.05) is 0 Å². The van der Waals surface area contributed by atoms with E-state index in [1.807, 2.05) is 0 Å². The van der Waals surface area contributed by atoms with Crippen LogP contribution < -0.4 is 5.19 Å². The molecule has 0 N–H and O–H groups in total. The van der Waals surface area contributed by atoms with Crippen LogP contribution in [0.1, 0.15) is 6.92 Å². The maximum absolute atomic E-state index is 2.36. The molecule has 1 aliphatic heterocycles. The minimum atomic E-state index is -0.0746. The lowest BCUT2D eigenvalue weighted by Crippen LogP contribution is -2.40. The summed E-state index contributed by atoms with van der Waals surface area (Å²) in [5.41, 5.74) is 0. The number of hydrogen-bond donors (Lipinski definition) is 0. The van der Waals surface area contributed by atoms with Crippen LogP contribution in [0.15, 0.2) is 30.3 Å². The third kappa shape index (κ3) is 1.38. The lowest BCUT2D eigenvalue weighted by atomic mass is 10.2. The van der Waals surface area contributed by atoms with Crippen molar-refractivity contribution in [3.8, 4) is 0 Å². The Morgan fingerprint density at radius 3 is 2.36 bits per heavy atom. The van der Waals surface area contributed by atoms with Crippen molar-refractivity contribution < 1.29 is 0 Å². The molecule has 1 radical (unpaired) electrons. The van der Waals surface area contributed by atoms with Crippen LogP contribution in [0, 0.1) is 5.92 Å². The molecular weight excluding hydrogens is 148 g/mol. The molecule has 1 aromatic rings. The fourth-order valence-electron chi connectivity index (χ4n) is 1.69. The van der Waals surface area contributed by atoms with Crippen LogP contribution in [0.5, 0.6) is 0 Å². The summed E-state index contributed by atoms with van der Waals surface area (Å²) in [7, 11) is -0.0746. The molecule has 1 heteroatoms. The van der Waals surface area contributed by atoms with Gasteiger partial charge in [-0.2, -0.15) is 0 Å². The van der Waals surface area contributed by atoms with Crippen molar-refractivity contribution in [2.24, 2.45) is 5.92 Å². The van der Waals surface area contributed by atoms with Crippen LogP contribution in [-0.2, 0) is 0 Å². The highest BCUT2D eigenvalue weighted by Crippen LogP contribution is 2.27. The lowest BCUT2D eigenvalue weighted by Gasteiger charge is -2.31. The molecule has 0 bridgehead atoms. The third-order valence-corrected chi connectivity index (χ3v) is 5.90. The van der Waals surface area contributed by atoms with E-state index in [-0.39, 0.29) is 8.80 Å². The summed E-state index contributed by atoms with van der Waals surface area (Å²) in [6.07, 6.45) is 0. The molecule has 0 unspecified atom stereocenters. The van der Waals surface area contributed by atoms with Crippen molar-refractivity contribution >= 4 is 14.0 Å². The molecule has 11 heavy (non-hydrogen) atoms. The fourth-order valence-corrected chi connectivity index (χ4v) is 4.39. The second-order valence-electron chi connectivity index (χ2n) is 3.48. The van der Waals surface area contributed by atoms with E-state index >= 15 is 0 Å². The Kier molecular flexibility index (Phi) is 1.82. The SMILES string of the molecule is CC1C[Si](c2ccccc2)C1. The Hall–Kier alpha value is -0.563. The molecule has 0 amide bonds. The quantitative estimate of drug-likeness (QED) is 0.553. The molecule has 0 atom stereocenters. The largest absolute Gasteiger partial charge is 0.0861 e.